The first-order valence-electron chi connectivity index (χ1n) is 11.3. The van der Waals surface area contributed by atoms with Gasteiger partial charge in [-0.2, -0.15) is 5.10 Å². The molecule has 1 amide bonds. The molecular formula is C25H23ClFN7O2. The van der Waals surface area contributed by atoms with Gasteiger partial charge in [-0.05, 0) is 35.9 Å². The van der Waals surface area contributed by atoms with Gasteiger partial charge in [-0.15, -0.1) is 0 Å². The third-order valence-electron chi connectivity index (χ3n) is 5.89. The highest BCUT2D eigenvalue weighted by molar-refractivity contribution is 6.30. The van der Waals surface area contributed by atoms with Crippen LogP contribution in [0.1, 0.15) is 5.56 Å². The van der Waals surface area contributed by atoms with Crippen LogP contribution >= 0.6 is 11.6 Å². The van der Waals surface area contributed by atoms with E-state index < -0.39 is 5.82 Å². The molecule has 1 aliphatic rings. The van der Waals surface area contributed by atoms with Crippen LogP contribution < -0.4 is 15.8 Å². The molecule has 3 N–H and O–H groups in total. The van der Waals surface area contributed by atoms with Crippen LogP contribution in [0.4, 0.5) is 15.9 Å². The zero-order valence-corrected chi connectivity index (χ0v) is 20.0. The number of nitrogens with two attached hydrogens (primary N) is 1. The molecule has 36 heavy (non-hydrogen) atoms. The molecule has 184 valence electrons. The normalized spacial score (nSPS) is 12.5. The molecule has 0 fully saturated rings. The molecule has 0 saturated carbocycles. The Morgan fingerprint density at radius 1 is 1.31 bits per heavy atom. The first kappa shape index (κ1) is 23.6. The lowest BCUT2D eigenvalue weighted by Crippen LogP contribution is -2.32. The maximum absolute atomic E-state index is 14.8. The van der Waals surface area contributed by atoms with Gasteiger partial charge in [0.05, 0.1) is 17.6 Å². The summed E-state index contributed by atoms with van der Waals surface area (Å²) in [6.45, 7) is 5.57. The van der Waals surface area contributed by atoms with Gasteiger partial charge < -0.3 is 20.7 Å². The molecule has 4 aromatic rings. The quantitative estimate of drug-likeness (QED) is 0.365. The average molecular weight is 508 g/mol. The number of hydrogen-bond donors (Lipinski definition) is 2. The van der Waals surface area contributed by atoms with Gasteiger partial charge in [-0.25, -0.2) is 19.0 Å². The third kappa shape index (κ3) is 4.55. The number of fused-ring (bicyclic) bond motifs is 2. The molecule has 0 atom stereocenters. The Morgan fingerprint density at radius 2 is 2.11 bits per heavy atom. The number of nitrogen functional groups attached to an aromatic ring is 1. The largest absolute Gasteiger partial charge is 0.486 e. The highest BCUT2D eigenvalue weighted by atomic mass is 35.5. The van der Waals surface area contributed by atoms with Gasteiger partial charge >= 0.3 is 0 Å². The fraction of sp³-hybridized carbons (Fsp3) is 0.200. The molecule has 2 aromatic heterocycles. The minimum Gasteiger partial charge on any atom is -0.486 e. The van der Waals surface area contributed by atoms with Gasteiger partial charge in [0.25, 0.3) is 0 Å². The lowest BCUT2D eigenvalue weighted by molar-refractivity contribution is -0.126. The van der Waals surface area contributed by atoms with E-state index in [1.54, 1.807) is 27.8 Å². The van der Waals surface area contributed by atoms with E-state index in [9.17, 15) is 9.18 Å². The van der Waals surface area contributed by atoms with Crippen molar-refractivity contribution >= 4 is 40.0 Å². The second-order valence-electron chi connectivity index (χ2n) is 8.23. The van der Waals surface area contributed by atoms with Crippen LogP contribution in [0.15, 0.2) is 55.4 Å². The van der Waals surface area contributed by atoms with Crippen LogP contribution in [0.5, 0.6) is 5.75 Å². The van der Waals surface area contributed by atoms with Crippen LogP contribution in [-0.4, -0.2) is 50.3 Å². The second-order valence-corrected chi connectivity index (χ2v) is 8.67. The van der Waals surface area contributed by atoms with Crippen molar-refractivity contribution in [2.24, 2.45) is 0 Å². The molecule has 9 nitrogen and oxygen atoms in total. The molecule has 0 saturated heterocycles. The predicted octanol–water partition coefficient (Wildman–Crippen LogP) is 3.89. The number of nitrogens with one attached hydrogen (secondary N) is 1. The van der Waals surface area contributed by atoms with Crippen molar-refractivity contribution in [1.82, 2.24) is 24.6 Å². The van der Waals surface area contributed by atoms with E-state index >= 15 is 0 Å². The summed E-state index contributed by atoms with van der Waals surface area (Å²) < 4.78 is 21.9. The summed E-state index contributed by atoms with van der Waals surface area (Å²) in [6, 6.07) is 10.4. The van der Waals surface area contributed by atoms with Crippen molar-refractivity contribution in [3.63, 3.8) is 0 Å². The number of halogens is 2. The van der Waals surface area contributed by atoms with E-state index in [0.29, 0.717) is 65.8 Å². The Bertz CT molecular complexity index is 1460. The molecular weight excluding hydrogens is 485 g/mol. The van der Waals surface area contributed by atoms with Crippen LogP contribution in [0, 0.1) is 5.82 Å². The number of amides is 1. The van der Waals surface area contributed by atoms with Crippen molar-refractivity contribution in [2.45, 2.75) is 13.1 Å². The van der Waals surface area contributed by atoms with Crippen LogP contribution in [0.25, 0.3) is 22.3 Å². The van der Waals surface area contributed by atoms with E-state index in [2.05, 4.69) is 21.9 Å². The average Bonchev–Trinajstić information content (AvgIpc) is 3.27. The number of anilines is 2. The topological polar surface area (TPSA) is 111 Å². The SMILES string of the molecule is C=CC(=O)N(CCn1nc(-c2cc(F)c3c(c2)NCCO3)c2c(N)ncnc21)Cc1ccc(Cl)cc1. The lowest BCUT2D eigenvalue weighted by atomic mass is 10.1. The van der Waals surface area contributed by atoms with Crippen molar-refractivity contribution in [3.8, 4) is 17.0 Å². The summed E-state index contributed by atoms with van der Waals surface area (Å²) >= 11 is 5.98. The highest BCUT2D eigenvalue weighted by Gasteiger charge is 2.22. The molecule has 0 aliphatic carbocycles. The molecule has 0 radical (unpaired) electrons. The van der Waals surface area contributed by atoms with Gasteiger partial charge in [-0.3, -0.25) is 4.79 Å². The summed E-state index contributed by atoms with van der Waals surface area (Å²) in [5, 5.41) is 8.97. The van der Waals surface area contributed by atoms with Crippen LogP contribution in [0.3, 0.4) is 0 Å². The molecule has 0 spiro atoms. The Hall–Kier alpha value is -4.18. The molecule has 0 bridgehead atoms. The summed E-state index contributed by atoms with van der Waals surface area (Å²) in [5.41, 5.74) is 9.09. The fourth-order valence-electron chi connectivity index (χ4n) is 4.16. The van der Waals surface area contributed by atoms with Gasteiger partial charge in [-0.1, -0.05) is 30.3 Å². The zero-order chi connectivity index (χ0) is 25.2. The molecule has 0 unspecified atom stereocenters. The van der Waals surface area contributed by atoms with Gasteiger partial charge in [0.1, 0.15) is 24.4 Å². The molecule has 5 rings (SSSR count). The van der Waals surface area contributed by atoms with E-state index in [1.807, 2.05) is 12.1 Å². The van der Waals surface area contributed by atoms with E-state index in [4.69, 9.17) is 27.2 Å². The molecule has 3 heterocycles. The van der Waals surface area contributed by atoms with Gasteiger partial charge in [0.15, 0.2) is 17.2 Å². The summed E-state index contributed by atoms with van der Waals surface area (Å²) in [5.74, 6) is -0.320. The Morgan fingerprint density at radius 3 is 2.89 bits per heavy atom. The zero-order valence-electron chi connectivity index (χ0n) is 19.2. The fourth-order valence-corrected chi connectivity index (χ4v) is 4.28. The van der Waals surface area contributed by atoms with Crippen molar-refractivity contribution < 1.29 is 13.9 Å². The number of hydrogen-bond acceptors (Lipinski definition) is 7. The first-order chi connectivity index (χ1) is 17.4. The first-order valence-corrected chi connectivity index (χ1v) is 11.7. The number of carbonyl (C=O) groups excluding carboxylic acids is 1. The maximum Gasteiger partial charge on any atom is 0.246 e. The minimum atomic E-state index is -0.501. The number of rotatable bonds is 7. The second kappa shape index (κ2) is 9.82. The number of nitrogens with zero attached hydrogens (tertiary/aromatic N) is 5. The Balaban J connectivity index is 1.49. The van der Waals surface area contributed by atoms with Crippen molar-refractivity contribution in [3.05, 3.63) is 71.8 Å². The molecule has 1 aliphatic heterocycles. The molecule has 11 heteroatoms. The van der Waals surface area contributed by atoms with Crippen molar-refractivity contribution in [1.29, 1.82) is 0 Å². The van der Waals surface area contributed by atoms with Crippen LogP contribution in [-0.2, 0) is 17.9 Å². The Labute approximate surface area is 211 Å². The third-order valence-corrected chi connectivity index (χ3v) is 6.15. The van der Waals surface area contributed by atoms with Gasteiger partial charge in [0, 0.05) is 30.2 Å². The van der Waals surface area contributed by atoms with E-state index in [1.165, 1.54) is 18.5 Å². The standard InChI is InChI=1S/C25H23ClFN7O2/c1-2-20(35)33(13-15-3-5-17(26)6-4-15)8-9-34-25-21(24(28)30-14-31-25)22(32-34)16-11-18(27)23-19(12-16)29-7-10-36-23/h2-6,11-12,14,29H,1,7-10,13H2,(H2,28,30,31). The molecule has 2 aromatic carbocycles. The number of aromatic nitrogens is 4. The number of carbonyl (C=O) groups is 1. The monoisotopic (exact) mass is 507 g/mol. The summed E-state index contributed by atoms with van der Waals surface area (Å²) in [4.78, 5) is 22.7. The summed E-state index contributed by atoms with van der Waals surface area (Å²) in [7, 11) is 0. The maximum atomic E-state index is 14.8. The van der Waals surface area contributed by atoms with E-state index in [0.717, 1.165) is 5.56 Å². The number of ether oxygens (including phenoxy) is 1. The minimum absolute atomic E-state index is 0.179. The van der Waals surface area contributed by atoms with Crippen molar-refractivity contribution in [2.75, 3.05) is 30.7 Å². The van der Waals surface area contributed by atoms with Crippen LogP contribution in [0.2, 0.25) is 5.02 Å². The summed E-state index contributed by atoms with van der Waals surface area (Å²) in [6.07, 6.45) is 2.62. The highest BCUT2D eigenvalue weighted by Crippen LogP contribution is 2.38. The predicted molar refractivity (Wildman–Crippen MR) is 136 cm³/mol. The van der Waals surface area contributed by atoms with E-state index in [-0.39, 0.29) is 17.5 Å². The Kier molecular flexibility index (Phi) is 6.43. The van der Waals surface area contributed by atoms with Gasteiger partial charge in [0.2, 0.25) is 5.91 Å². The lowest BCUT2D eigenvalue weighted by Gasteiger charge is -2.21. The number of benzene rings is 2. The smallest absolute Gasteiger partial charge is 0.246 e.